The van der Waals surface area contributed by atoms with Gasteiger partial charge in [-0.2, -0.15) is 0 Å². The number of amides is 2. The van der Waals surface area contributed by atoms with Crippen LogP contribution < -0.4 is 15.1 Å². The lowest BCUT2D eigenvalue weighted by Crippen LogP contribution is -2.36. The van der Waals surface area contributed by atoms with E-state index in [9.17, 15) is 9.59 Å². The molecule has 0 aliphatic carbocycles. The minimum absolute atomic E-state index is 0.0101. The first-order chi connectivity index (χ1) is 13.4. The highest BCUT2D eigenvalue weighted by Gasteiger charge is 2.18. The molecule has 0 bridgehead atoms. The molecule has 5 heteroatoms. The van der Waals surface area contributed by atoms with Crippen molar-refractivity contribution in [3.8, 4) is 0 Å². The first-order valence-corrected chi connectivity index (χ1v) is 9.92. The topological polar surface area (TPSA) is 52.7 Å². The van der Waals surface area contributed by atoms with E-state index in [4.69, 9.17) is 0 Å². The number of carbonyl (C=O) groups excluding carboxylic acids is 2. The quantitative estimate of drug-likeness (QED) is 0.846. The lowest BCUT2D eigenvalue weighted by atomic mass is 9.99. The number of anilines is 3. The lowest BCUT2D eigenvalue weighted by Gasteiger charge is -2.32. The van der Waals surface area contributed by atoms with E-state index in [1.54, 1.807) is 0 Å². The molecule has 28 heavy (non-hydrogen) atoms. The Balaban J connectivity index is 1.66. The Hall–Kier alpha value is -2.82. The zero-order valence-electron chi connectivity index (χ0n) is 16.9. The molecule has 2 aromatic carbocycles. The summed E-state index contributed by atoms with van der Waals surface area (Å²) >= 11 is 0. The third-order valence-corrected chi connectivity index (χ3v) is 5.29. The molecule has 0 aromatic heterocycles. The normalized spacial score (nSPS) is 14.6. The molecular formula is C23H29N3O2. The number of rotatable bonds is 5. The maximum absolute atomic E-state index is 12.4. The van der Waals surface area contributed by atoms with Crippen LogP contribution in [-0.2, 0) is 9.59 Å². The highest BCUT2D eigenvalue weighted by Crippen LogP contribution is 2.25. The highest BCUT2D eigenvalue weighted by molar-refractivity contribution is 6.01. The molecule has 1 heterocycles. The van der Waals surface area contributed by atoms with Gasteiger partial charge in [-0.15, -0.1) is 0 Å². The number of nitrogens with zero attached hydrogens (tertiary/aromatic N) is 2. The van der Waals surface area contributed by atoms with E-state index in [0.717, 1.165) is 35.9 Å². The average molecular weight is 380 g/mol. The first-order valence-electron chi connectivity index (χ1n) is 9.92. The molecule has 1 saturated heterocycles. The lowest BCUT2D eigenvalue weighted by molar-refractivity contribution is -0.120. The number of nitrogens with one attached hydrogen (secondary N) is 1. The van der Waals surface area contributed by atoms with Crippen molar-refractivity contribution in [2.24, 2.45) is 5.92 Å². The van der Waals surface area contributed by atoms with Gasteiger partial charge in [-0.05, 0) is 67.6 Å². The van der Waals surface area contributed by atoms with Crippen LogP contribution >= 0.6 is 0 Å². The van der Waals surface area contributed by atoms with E-state index in [0.29, 0.717) is 0 Å². The summed E-state index contributed by atoms with van der Waals surface area (Å²) in [4.78, 5) is 28.5. The van der Waals surface area contributed by atoms with E-state index in [1.165, 1.54) is 30.4 Å². The number of hydrogen-bond acceptors (Lipinski definition) is 3. The summed E-state index contributed by atoms with van der Waals surface area (Å²) in [7, 11) is 0. The average Bonchev–Trinajstić information content (AvgIpc) is 2.67. The Morgan fingerprint density at radius 1 is 1.11 bits per heavy atom. The maximum atomic E-state index is 12.4. The first kappa shape index (κ1) is 19.9. The molecule has 1 N–H and O–H groups in total. The molecule has 2 aromatic rings. The molecule has 0 radical (unpaired) electrons. The van der Waals surface area contributed by atoms with Gasteiger partial charge in [0.25, 0.3) is 0 Å². The summed E-state index contributed by atoms with van der Waals surface area (Å²) in [5, 5.41) is 2.86. The highest BCUT2D eigenvalue weighted by atomic mass is 16.2. The van der Waals surface area contributed by atoms with Crippen molar-refractivity contribution >= 4 is 28.9 Å². The van der Waals surface area contributed by atoms with Gasteiger partial charge >= 0.3 is 0 Å². The molecule has 1 fully saturated rings. The third-order valence-electron chi connectivity index (χ3n) is 5.29. The van der Waals surface area contributed by atoms with Crippen molar-refractivity contribution in [2.75, 3.05) is 34.8 Å². The molecule has 0 spiro atoms. The Morgan fingerprint density at radius 3 is 2.39 bits per heavy atom. The summed E-state index contributed by atoms with van der Waals surface area (Å²) < 4.78 is 0. The van der Waals surface area contributed by atoms with Gasteiger partial charge in [0, 0.05) is 37.1 Å². The van der Waals surface area contributed by atoms with Crippen molar-refractivity contribution in [3.63, 3.8) is 0 Å². The van der Waals surface area contributed by atoms with E-state index in [-0.39, 0.29) is 18.4 Å². The van der Waals surface area contributed by atoms with E-state index in [2.05, 4.69) is 17.1 Å². The van der Waals surface area contributed by atoms with Crippen LogP contribution in [0.4, 0.5) is 17.1 Å². The smallest absolute Gasteiger partial charge is 0.244 e. The van der Waals surface area contributed by atoms with Gasteiger partial charge in [0.05, 0.1) is 0 Å². The summed E-state index contributed by atoms with van der Waals surface area (Å²) in [5.74, 6) is 0.421. The molecule has 0 saturated carbocycles. The van der Waals surface area contributed by atoms with Gasteiger partial charge in [-0.3, -0.25) is 9.59 Å². The van der Waals surface area contributed by atoms with Gasteiger partial charge in [0.15, 0.2) is 0 Å². The molecule has 148 valence electrons. The van der Waals surface area contributed by atoms with Gasteiger partial charge in [0.2, 0.25) is 11.8 Å². The van der Waals surface area contributed by atoms with Crippen LogP contribution in [0, 0.1) is 12.8 Å². The summed E-state index contributed by atoms with van der Waals surface area (Å²) in [6.07, 6.45) is 2.42. The predicted octanol–water partition coefficient (Wildman–Crippen LogP) is 4.22. The molecule has 1 aliphatic heterocycles. The van der Waals surface area contributed by atoms with E-state index in [1.807, 2.05) is 55.5 Å². The van der Waals surface area contributed by atoms with Crippen molar-refractivity contribution in [2.45, 2.75) is 33.6 Å². The number of hydrogen-bond donors (Lipinski definition) is 1. The van der Waals surface area contributed by atoms with Crippen LogP contribution in [0.15, 0.2) is 48.5 Å². The Labute approximate surface area is 167 Å². The second kappa shape index (κ2) is 8.91. The van der Waals surface area contributed by atoms with E-state index < -0.39 is 0 Å². The summed E-state index contributed by atoms with van der Waals surface area (Å²) in [6.45, 7) is 7.88. The number of piperidine rings is 1. The predicted molar refractivity (Wildman–Crippen MR) is 115 cm³/mol. The second-order valence-electron chi connectivity index (χ2n) is 7.71. The Bertz CT molecular complexity index is 824. The van der Waals surface area contributed by atoms with Gasteiger partial charge < -0.3 is 15.1 Å². The van der Waals surface area contributed by atoms with Gasteiger partial charge in [-0.1, -0.05) is 19.1 Å². The fourth-order valence-corrected chi connectivity index (χ4v) is 3.56. The Morgan fingerprint density at radius 2 is 1.79 bits per heavy atom. The fraction of sp³-hybridized carbons (Fsp3) is 0.391. The van der Waals surface area contributed by atoms with Crippen LogP contribution in [0.25, 0.3) is 0 Å². The maximum Gasteiger partial charge on any atom is 0.244 e. The Kier molecular flexibility index (Phi) is 6.34. The summed E-state index contributed by atoms with van der Waals surface area (Å²) in [6, 6.07) is 15.6. The molecule has 3 rings (SSSR count). The van der Waals surface area contributed by atoms with Crippen molar-refractivity contribution in [3.05, 3.63) is 54.1 Å². The molecular weight excluding hydrogens is 350 g/mol. The zero-order chi connectivity index (χ0) is 20.1. The van der Waals surface area contributed by atoms with Crippen LogP contribution in [0.2, 0.25) is 0 Å². The number of benzene rings is 2. The minimum atomic E-state index is -0.213. The molecule has 5 nitrogen and oxygen atoms in total. The van der Waals surface area contributed by atoms with Crippen molar-refractivity contribution in [1.82, 2.24) is 0 Å². The SMILES string of the molecule is CC(=O)N(CC(=O)Nc1cccc(C)c1)c1ccc(N2CCC(C)CC2)cc1. The zero-order valence-corrected chi connectivity index (χ0v) is 16.9. The monoisotopic (exact) mass is 379 g/mol. The summed E-state index contributed by atoms with van der Waals surface area (Å²) in [5.41, 5.74) is 3.72. The van der Waals surface area contributed by atoms with Crippen molar-refractivity contribution < 1.29 is 9.59 Å². The van der Waals surface area contributed by atoms with E-state index >= 15 is 0 Å². The molecule has 1 aliphatic rings. The van der Waals surface area contributed by atoms with Gasteiger partial charge in [0.1, 0.15) is 6.54 Å². The fourth-order valence-electron chi connectivity index (χ4n) is 3.56. The van der Waals surface area contributed by atoms with Crippen LogP contribution in [0.3, 0.4) is 0 Å². The molecule has 2 amide bonds. The van der Waals surface area contributed by atoms with Gasteiger partial charge in [-0.25, -0.2) is 0 Å². The van der Waals surface area contributed by atoms with Crippen LogP contribution in [0.5, 0.6) is 0 Å². The number of carbonyl (C=O) groups is 2. The van der Waals surface area contributed by atoms with Crippen LogP contribution in [0.1, 0.15) is 32.3 Å². The molecule has 0 unspecified atom stereocenters. The largest absolute Gasteiger partial charge is 0.372 e. The third kappa shape index (κ3) is 5.12. The molecule has 0 atom stereocenters. The second-order valence-corrected chi connectivity index (χ2v) is 7.71. The number of aryl methyl sites for hydroxylation is 1. The van der Waals surface area contributed by atoms with Crippen molar-refractivity contribution in [1.29, 1.82) is 0 Å². The minimum Gasteiger partial charge on any atom is -0.372 e. The van der Waals surface area contributed by atoms with Crippen LogP contribution in [-0.4, -0.2) is 31.4 Å². The standard InChI is InChI=1S/C23H29N3O2/c1-17-11-13-25(14-12-17)21-7-9-22(10-8-21)26(19(3)27)16-23(28)24-20-6-4-5-18(2)15-20/h4-10,15,17H,11-14,16H2,1-3H3,(H,24,28).